The third kappa shape index (κ3) is 3.96. The first-order valence-corrected chi connectivity index (χ1v) is 8.46. The van der Waals surface area contributed by atoms with Crippen molar-refractivity contribution in [3.05, 3.63) is 76.1 Å². The second kappa shape index (κ2) is 7.47. The van der Waals surface area contributed by atoms with Crippen molar-refractivity contribution in [1.29, 1.82) is 0 Å². The Kier molecular flexibility index (Phi) is 5.11. The molecule has 0 aliphatic carbocycles. The molecule has 0 unspecified atom stereocenters. The molecule has 0 fully saturated rings. The Labute approximate surface area is 150 Å². The summed E-state index contributed by atoms with van der Waals surface area (Å²) >= 11 is 0. The van der Waals surface area contributed by atoms with Crippen LogP contribution in [0.2, 0.25) is 0 Å². The van der Waals surface area contributed by atoms with Crippen LogP contribution in [-0.4, -0.2) is 26.8 Å². The van der Waals surface area contributed by atoms with Crippen LogP contribution in [0.3, 0.4) is 0 Å². The molecule has 0 bridgehead atoms. The minimum Gasteiger partial charge on any atom is -0.333 e. The molecule has 0 aliphatic heterocycles. The summed E-state index contributed by atoms with van der Waals surface area (Å²) in [4.78, 5) is 33.7. The summed E-state index contributed by atoms with van der Waals surface area (Å²) in [6.45, 7) is 3.97. The predicted octanol–water partition coefficient (Wildman–Crippen LogP) is 3.04. The molecule has 1 amide bonds. The lowest BCUT2D eigenvalue weighted by molar-refractivity contribution is -0.132. The highest BCUT2D eigenvalue weighted by Gasteiger charge is 2.19. The number of halogens is 1. The SMILES string of the molecule is CC(C)N(Cc1nc2ccccc2c(=O)[nH]1)C(=O)Cc1cccc(F)c1. The fourth-order valence-corrected chi connectivity index (χ4v) is 2.85. The molecule has 3 rings (SSSR count). The van der Waals surface area contributed by atoms with Gasteiger partial charge in [0.25, 0.3) is 5.56 Å². The Morgan fingerprint density at radius 1 is 1.19 bits per heavy atom. The number of nitrogens with zero attached hydrogens (tertiary/aromatic N) is 2. The van der Waals surface area contributed by atoms with Crippen molar-refractivity contribution >= 4 is 16.8 Å². The van der Waals surface area contributed by atoms with E-state index >= 15 is 0 Å². The number of carbonyl (C=O) groups is 1. The number of aromatic nitrogens is 2. The third-order valence-electron chi connectivity index (χ3n) is 4.17. The van der Waals surface area contributed by atoms with Crippen LogP contribution in [0.15, 0.2) is 53.3 Å². The van der Waals surface area contributed by atoms with Crippen LogP contribution in [-0.2, 0) is 17.8 Å². The third-order valence-corrected chi connectivity index (χ3v) is 4.17. The van der Waals surface area contributed by atoms with Gasteiger partial charge in [0.15, 0.2) is 0 Å². The molecular weight excluding hydrogens is 333 g/mol. The Morgan fingerprint density at radius 2 is 1.96 bits per heavy atom. The normalized spacial score (nSPS) is 11.1. The van der Waals surface area contributed by atoms with Crippen molar-refractivity contribution in [2.45, 2.75) is 32.9 Å². The number of para-hydroxylation sites is 1. The number of rotatable bonds is 5. The van der Waals surface area contributed by atoms with E-state index in [0.717, 1.165) is 0 Å². The van der Waals surface area contributed by atoms with E-state index in [9.17, 15) is 14.0 Å². The number of amides is 1. The molecule has 1 N–H and O–H groups in total. The van der Waals surface area contributed by atoms with Gasteiger partial charge in [0.2, 0.25) is 5.91 Å². The quantitative estimate of drug-likeness (QED) is 0.767. The minimum absolute atomic E-state index is 0.0900. The van der Waals surface area contributed by atoms with Gasteiger partial charge in [-0.3, -0.25) is 9.59 Å². The zero-order chi connectivity index (χ0) is 18.7. The molecule has 1 aromatic heterocycles. The molecule has 134 valence electrons. The summed E-state index contributed by atoms with van der Waals surface area (Å²) in [6.07, 6.45) is 0.0910. The van der Waals surface area contributed by atoms with Gasteiger partial charge in [-0.05, 0) is 43.7 Å². The fraction of sp³-hybridized carbons (Fsp3) is 0.250. The largest absolute Gasteiger partial charge is 0.333 e. The highest BCUT2D eigenvalue weighted by molar-refractivity contribution is 5.79. The van der Waals surface area contributed by atoms with Crippen LogP contribution < -0.4 is 5.56 Å². The maximum atomic E-state index is 13.3. The number of hydrogen-bond acceptors (Lipinski definition) is 3. The van der Waals surface area contributed by atoms with E-state index in [1.807, 2.05) is 19.9 Å². The molecule has 2 aromatic carbocycles. The molecular formula is C20H20FN3O2. The summed E-state index contributed by atoms with van der Waals surface area (Å²) in [7, 11) is 0. The molecule has 26 heavy (non-hydrogen) atoms. The van der Waals surface area contributed by atoms with Gasteiger partial charge in [0.05, 0.1) is 23.9 Å². The molecule has 0 saturated heterocycles. The number of carbonyl (C=O) groups excluding carboxylic acids is 1. The number of H-pyrrole nitrogens is 1. The number of aromatic amines is 1. The highest BCUT2D eigenvalue weighted by atomic mass is 19.1. The smallest absolute Gasteiger partial charge is 0.258 e. The van der Waals surface area contributed by atoms with Gasteiger partial charge in [-0.25, -0.2) is 9.37 Å². The molecule has 0 aliphatic rings. The summed E-state index contributed by atoms with van der Waals surface area (Å²) in [5, 5.41) is 0.512. The van der Waals surface area contributed by atoms with E-state index < -0.39 is 0 Å². The van der Waals surface area contributed by atoms with Crippen molar-refractivity contribution in [1.82, 2.24) is 14.9 Å². The van der Waals surface area contributed by atoms with Gasteiger partial charge in [-0.1, -0.05) is 24.3 Å². The molecule has 3 aromatic rings. The van der Waals surface area contributed by atoms with Crippen LogP contribution >= 0.6 is 0 Å². The second-order valence-corrected chi connectivity index (χ2v) is 6.45. The Balaban J connectivity index is 1.84. The summed E-state index contributed by atoms with van der Waals surface area (Å²) in [6, 6.07) is 13.0. The lowest BCUT2D eigenvalue weighted by Crippen LogP contribution is -2.38. The van der Waals surface area contributed by atoms with Crippen LogP contribution in [0.1, 0.15) is 25.2 Å². The standard InChI is InChI=1S/C20H20FN3O2/c1-13(2)24(19(25)11-14-6-5-7-15(21)10-14)12-18-22-17-9-4-3-8-16(17)20(26)23-18/h3-10,13H,11-12H2,1-2H3,(H,22,23,26). The molecule has 0 radical (unpaired) electrons. The molecule has 0 atom stereocenters. The Morgan fingerprint density at radius 3 is 2.69 bits per heavy atom. The summed E-state index contributed by atoms with van der Waals surface area (Å²) in [5.41, 5.74) is 0.972. The predicted molar refractivity (Wildman–Crippen MR) is 98.2 cm³/mol. The van der Waals surface area contributed by atoms with Crippen molar-refractivity contribution in [2.75, 3.05) is 0 Å². The molecule has 5 nitrogen and oxygen atoms in total. The topological polar surface area (TPSA) is 66.1 Å². The first-order valence-electron chi connectivity index (χ1n) is 8.46. The highest BCUT2D eigenvalue weighted by Crippen LogP contribution is 2.12. The van der Waals surface area contributed by atoms with Gasteiger partial charge in [0, 0.05) is 6.04 Å². The average molecular weight is 353 g/mol. The maximum absolute atomic E-state index is 13.3. The molecule has 0 spiro atoms. The van der Waals surface area contributed by atoms with Gasteiger partial charge in [0.1, 0.15) is 11.6 Å². The second-order valence-electron chi connectivity index (χ2n) is 6.45. The lowest BCUT2D eigenvalue weighted by atomic mass is 10.1. The lowest BCUT2D eigenvalue weighted by Gasteiger charge is -2.26. The molecule has 0 saturated carbocycles. The average Bonchev–Trinajstić information content (AvgIpc) is 2.59. The monoisotopic (exact) mass is 353 g/mol. The van der Waals surface area contributed by atoms with Crippen LogP contribution in [0.4, 0.5) is 4.39 Å². The Hall–Kier alpha value is -3.02. The zero-order valence-corrected chi connectivity index (χ0v) is 14.7. The van der Waals surface area contributed by atoms with Crippen molar-refractivity contribution in [2.24, 2.45) is 0 Å². The summed E-state index contributed by atoms with van der Waals surface area (Å²) < 4.78 is 13.3. The van der Waals surface area contributed by atoms with E-state index in [0.29, 0.717) is 22.3 Å². The number of nitrogens with one attached hydrogen (secondary N) is 1. The van der Waals surface area contributed by atoms with E-state index in [1.165, 1.54) is 12.1 Å². The van der Waals surface area contributed by atoms with Gasteiger partial charge >= 0.3 is 0 Å². The molecule has 1 heterocycles. The maximum Gasteiger partial charge on any atom is 0.258 e. The Bertz CT molecular complexity index is 998. The van der Waals surface area contributed by atoms with Crippen LogP contribution in [0.5, 0.6) is 0 Å². The number of benzene rings is 2. The van der Waals surface area contributed by atoms with E-state index in [2.05, 4.69) is 9.97 Å². The number of fused-ring (bicyclic) bond motifs is 1. The van der Waals surface area contributed by atoms with E-state index in [-0.39, 0.29) is 36.3 Å². The summed E-state index contributed by atoms with van der Waals surface area (Å²) in [5.74, 6) is -0.0941. The van der Waals surface area contributed by atoms with Crippen LogP contribution in [0, 0.1) is 5.82 Å². The van der Waals surface area contributed by atoms with Crippen molar-refractivity contribution in [3.8, 4) is 0 Å². The first kappa shape index (κ1) is 17.8. The minimum atomic E-state index is -0.369. The molecule has 6 heteroatoms. The van der Waals surface area contributed by atoms with Crippen molar-refractivity contribution in [3.63, 3.8) is 0 Å². The van der Waals surface area contributed by atoms with Gasteiger partial charge in [-0.2, -0.15) is 0 Å². The first-order chi connectivity index (χ1) is 12.4. The van der Waals surface area contributed by atoms with Gasteiger partial charge < -0.3 is 9.88 Å². The number of hydrogen-bond donors (Lipinski definition) is 1. The van der Waals surface area contributed by atoms with E-state index in [1.54, 1.807) is 35.2 Å². The van der Waals surface area contributed by atoms with E-state index in [4.69, 9.17) is 0 Å². The van der Waals surface area contributed by atoms with Crippen LogP contribution in [0.25, 0.3) is 10.9 Å². The van der Waals surface area contributed by atoms with Crippen molar-refractivity contribution < 1.29 is 9.18 Å². The fourth-order valence-electron chi connectivity index (χ4n) is 2.85. The zero-order valence-electron chi connectivity index (χ0n) is 14.7. The van der Waals surface area contributed by atoms with Gasteiger partial charge in [-0.15, -0.1) is 0 Å².